The van der Waals surface area contributed by atoms with Crippen molar-refractivity contribution >= 4 is 16.6 Å². The van der Waals surface area contributed by atoms with E-state index in [1.54, 1.807) is 18.6 Å². The highest BCUT2D eigenvalue weighted by Crippen LogP contribution is 2.30. The van der Waals surface area contributed by atoms with E-state index in [2.05, 4.69) is 39.3 Å². The summed E-state index contributed by atoms with van der Waals surface area (Å²) >= 11 is 0. The molecule has 2 heterocycles. The Kier molecular flexibility index (Phi) is 3.54. The van der Waals surface area contributed by atoms with Crippen LogP contribution >= 0.6 is 0 Å². The summed E-state index contributed by atoms with van der Waals surface area (Å²) in [5.41, 5.74) is 1.93. The van der Waals surface area contributed by atoms with Gasteiger partial charge in [0.1, 0.15) is 5.69 Å². The summed E-state index contributed by atoms with van der Waals surface area (Å²) in [5.74, 6) is 0.825. The van der Waals surface area contributed by atoms with Gasteiger partial charge in [-0.15, -0.1) is 0 Å². The maximum Gasteiger partial charge on any atom is 0.152 e. The molecule has 100 valence electrons. The molecule has 0 saturated carbocycles. The van der Waals surface area contributed by atoms with E-state index in [0.717, 1.165) is 40.8 Å². The Morgan fingerprint density at radius 1 is 1.05 bits per heavy atom. The largest absolute Gasteiger partial charge is 0.368 e. The molecule has 0 unspecified atom stereocenters. The van der Waals surface area contributed by atoms with Crippen molar-refractivity contribution in [2.24, 2.45) is 0 Å². The molecule has 1 N–H and O–H groups in total. The highest BCUT2D eigenvalue weighted by atomic mass is 15.0. The molecule has 0 bridgehead atoms. The van der Waals surface area contributed by atoms with E-state index in [1.165, 1.54) is 0 Å². The van der Waals surface area contributed by atoms with Crippen molar-refractivity contribution < 1.29 is 0 Å². The fourth-order valence-electron chi connectivity index (χ4n) is 2.23. The summed E-state index contributed by atoms with van der Waals surface area (Å²) in [6, 6.07) is 8.19. The first-order valence-electron chi connectivity index (χ1n) is 6.78. The number of nitrogens with one attached hydrogen (secondary N) is 1. The molecular weight excluding hydrogens is 248 g/mol. The van der Waals surface area contributed by atoms with Crippen LogP contribution in [-0.2, 0) is 0 Å². The van der Waals surface area contributed by atoms with Gasteiger partial charge in [0, 0.05) is 42.3 Å². The van der Waals surface area contributed by atoms with Gasteiger partial charge in [0.15, 0.2) is 5.82 Å². The van der Waals surface area contributed by atoms with Crippen LogP contribution in [0, 0.1) is 0 Å². The normalized spacial score (nSPS) is 10.7. The minimum Gasteiger partial charge on any atom is -0.368 e. The second-order valence-corrected chi connectivity index (χ2v) is 4.58. The second-order valence-electron chi connectivity index (χ2n) is 4.58. The molecule has 4 heteroatoms. The number of rotatable bonds is 4. The van der Waals surface area contributed by atoms with Crippen molar-refractivity contribution in [2.45, 2.75) is 13.3 Å². The van der Waals surface area contributed by atoms with Crippen LogP contribution < -0.4 is 5.32 Å². The summed E-state index contributed by atoms with van der Waals surface area (Å²) in [7, 11) is 0. The Bertz CT molecular complexity index is 719. The van der Waals surface area contributed by atoms with Gasteiger partial charge >= 0.3 is 0 Å². The molecule has 2 aromatic heterocycles. The highest BCUT2D eigenvalue weighted by Gasteiger charge is 2.10. The lowest BCUT2D eigenvalue weighted by Crippen LogP contribution is -2.04. The van der Waals surface area contributed by atoms with E-state index < -0.39 is 0 Å². The van der Waals surface area contributed by atoms with E-state index >= 15 is 0 Å². The molecule has 0 aliphatic heterocycles. The molecule has 20 heavy (non-hydrogen) atoms. The van der Waals surface area contributed by atoms with E-state index in [1.807, 2.05) is 18.3 Å². The average molecular weight is 264 g/mol. The van der Waals surface area contributed by atoms with E-state index in [9.17, 15) is 0 Å². The third-order valence-electron chi connectivity index (χ3n) is 3.18. The fraction of sp³-hybridized carbons (Fsp3) is 0.188. The molecule has 0 saturated heterocycles. The smallest absolute Gasteiger partial charge is 0.152 e. The SMILES string of the molecule is CCCNc1nccnc1-c1cccc2ccncc12. The van der Waals surface area contributed by atoms with Gasteiger partial charge in [-0.1, -0.05) is 25.1 Å². The van der Waals surface area contributed by atoms with Crippen LogP contribution in [0.1, 0.15) is 13.3 Å². The van der Waals surface area contributed by atoms with Crippen molar-refractivity contribution in [3.63, 3.8) is 0 Å². The summed E-state index contributed by atoms with van der Waals surface area (Å²) in [6.45, 7) is 3.01. The molecule has 0 fully saturated rings. The zero-order valence-corrected chi connectivity index (χ0v) is 11.4. The summed E-state index contributed by atoms with van der Waals surface area (Å²) in [5, 5.41) is 5.58. The van der Waals surface area contributed by atoms with Crippen LogP contribution in [0.25, 0.3) is 22.0 Å². The van der Waals surface area contributed by atoms with Crippen LogP contribution in [0.5, 0.6) is 0 Å². The van der Waals surface area contributed by atoms with E-state index in [4.69, 9.17) is 0 Å². The summed E-state index contributed by atoms with van der Waals surface area (Å²) in [4.78, 5) is 13.1. The summed E-state index contributed by atoms with van der Waals surface area (Å²) in [6.07, 6.45) is 8.17. The quantitative estimate of drug-likeness (QED) is 0.783. The number of hydrogen-bond acceptors (Lipinski definition) is 4. The number of benzene rings is 1. The molecule has 0 spiro atoms. The van der Waals surface area contributed by atoms with Gasteiger partial charge in [-0.05, 0) is 17.9 Å². The lowest BCUT2D eigenvalue weighted by molar-refractivity contribution is 0.966. The average Bonchev–Trinajstić information content (AvgIpc) is 2.53. The molecular formula is C16H16N4. The third kappa shape index (κ3) is 2.32. The van der Waals surface area contributed by atoms with Crippen molar-refractivity contribution in [1.82, 2.24) is 15.0 Å². The Morgan fingerprint density at radius 3 is 2.85 bits per heavy atom. The standard InChI is InChI=1S/C16H16N4/c1-2-7-19-16-15(18-9-10-20-16)13-5-3-4-12-6-8-17-11-14(12)13/h3-6,8-11H,2,7H2,1H3,(H,19,20). The van der Waals surface area contributed by atoms with E-state index in [0.29, 0.717) is 0 Å². The molecule has 0 radical (unpaired) electrons. The Labute approximate surface area is 117 Å². The van der Waals surface area contributed by atoms with Crippen molar-refractivity contribution in [3.8, 4) is 11.3 Å². The minimum absolute atomic E-state index is 0.825. The lowest BCUT2D eigenvalue weighted by Gasteiger charge is -2.11. The molecule has 3 aromatic rings. The Balaban J connectivity index is 2.16. The van der Waals surface area contributed by atoms with Crippen molar-refractivity contribution in [3.05, 3.63) is 49.1 Å². The number of nitrogens with zero attached hydrogens (tertiary/aromatic N) is 3. The van der Waals surface area contributed by atoms with Gasteiger partial charge in [-0.25, -0.2) is 4.98 Å². The summed E-state index contributed by atoms with van der Waals surface area (Å²) < 4.78 is 0. The zero-order valence-electron chi connectivity index (χ0n) is 11.4. The maximum atomic E-state index is 4.50. The number of aromatic nitrogens is 3. The van der Waals surface area contributed by atoms with Gasteiger partial charge in [0.25, 0.3) is 0 Å². The van der Waals surface area contributed by atoms with Crippen molar-refractivity contribution in [1.29, 1.82) is 0 Å². The predicted molar refractivity (Wildman–Crippen MR) is 81.5 cm³/mol. The second kappa shape index (κ2) is 5.65. The maximum absolute atomic E-state index is 4.50. The molecule has 1 aromatic carbocycles. The molecule has 0 amide bonds. The number of anilines is 1. The van der Waals surface area contributed by atoms with Gasteiger partial charge in [-0.3, -0.25) is 9.97 Å². The van der Waals surface area contributed by atoms with E-state index in [-0.39, 0.29) is 0 Å². The minimum atomic E-state index is 0.825. The van der Waals surface area contributed by atoms with Gasteiger partial charge in [0.2, 0.25) is 0 Å². The van der Waals surface area contributed by atoms with Crippen LogP contribution in [0.3, 0.4) is 0 Å². The number of fused-ring (bicyclic) bond motifs is 1. The first kappa shape index (κ1) is 12.5. The molecule has 0 aliphatic carbocycles. The topological polar surface area (TPSA) is 50.7 Å². The highest BCUT2D eigenvalue weighted by molar-refractivity contribution is 5.97. The molecule has 0 atom stereocenters. The fourth-order valence-corrected chi connectivity index (χ4v) is 2.23. The molecule has 0 aliphatic rings. The molecule has 3 rings (SSSR count). The van der Waals surface area contributed by atoms with Crippen LogP contribution in [0.15, 0.2) is 49.1 Å². The van der Waals surface area contributed by atoms with Gasteiger partial charge in [-0.2, -0.15) is 0 Å². The zero-order chi connectivity index (χ0) is 13.8. The van der Waals surface area contributed by atoms with Crippen LogP contribution in [0.2, 0.25) is 0 Å². The van der Waals surface area contributed by atoms with Crippen LogP contribution in [0.4, 0.5) is 5.82 Å². The first-order chi connectivity index (χ1) is 9.90. The van der Waals surface area contributed by atoms with Crippen molar-refractivity contribution in [2.75, 3.05) is 11.9 Å². The predicted octanol–water partition coefficient (Wildman–Crippen LogP) is 3.51. The van der Waals surface area contributed by atoms with Crippen LogP contribution in [-0.4, -0.2) is 21.5 Å². The van der Waals surface area contributed by atoms with Gasteiger partial charge in [0.05, 0.1) is 0 Å². The molecule has 4 nitrogen and oxygen atoms in total. The third-order valence-corrected chi connectivity index (χ3v) is 3.18. The Morgan fingerprint density at radius 2 is 1.95 bits per heavy atom. The Hall–Kier alpha value is -2.49. The lowest BCUT2D eigenvalue weighted by atomic mass is 10.0. The number of hydrogen-bond donors (Lipinski definition) is 1. The van der Waals surface area contributed by atoms with Gasteiger partial charge < -0.3 is 5.32 Å². The number of pyridine rings is 1. The first-order valence-corrected chi connectivity index (χ1v) is 6.78. The monoisotopic (exact) mass is 264 g/mol.